The quantitative estimate of drug-likeness (QED) is 0.794. The molecule has 1 rings (SSSR count). The van der Waals surface area contributed by atoms with Crippen molar-refractivity contribution in [3.05, 3.63) is 29.2 Å². The molecule has 3 nitrogen and oxygen atoms in total. The summed E-state index contributed by atoms with van der Waals surface area (Å²) in [6.07, 6.45) is 5.02. The number of aromatic nitrogens is 1. The molecule has 1 heterocycles. The van der Waals surface area contributed by atoms with Gasteiger partial charge in [-0.3, -0.25) is 0 Å². The van der Waals surface area contributed by atoms with Crippen LogP contribution in [0.25, 0.3) is 0 Å². The van der Waals surface area contributed by atoms with Crippen LogP contribution in [0.2, 0.25) is 0 Å². The summed E-state index contributed by atoms with van der Waals surface area (Å²) in [6.45, 7) is 6.91. The Morgan fingerprint density at radius 3 is 2.53 bits per heavy atom. The fourth-order valence-corrected chi connectivity index (χ4v) is 2.05. The van der Waals surface area contributed by atoms with Crippen LogP contribution >= 0.6 is 0 Å². The van der Waals surface area contributed by atoms with Gasteiger partial charge in [0.15, 0.2) is 0 Å². The first kappa shape index (κ1) is 11.9. The Morgan fingerprint density at radius 2 is 2.00 bits per heavy atom. The number of allylic oxidation sites excluding steroid dienone is 1. The molecule has 3 N–H and O–H groups in total. The fourth-order valence-electron chi connectivity index (χ4n) is 2.05. The summed E-state index contributed by atoms with van der Waals surface area (Å²) in [6, 6.07) is 0. The zero-order valence-corrected chi connectivity index (χ0v) is 10.1. The van der Waals surface area contributed by atoms with E-state index in [1.165, 1.54) is 22.6 Å². The summed E-state index contributed by atoms with van der Waals surface area (Å²) >= 11 is 0. The van der Waals surface area contributed by atoms with Crippen molar-refractivity contribution in [1.29, 1.82) is 0 Å². The number of aryl methyl sites for hydroxylation is 2. The van der Waals surface area contributed by atoms with Crippen LogP contribution in [0.3, 0.4) is 0 Å². The van der Waals surface area contributed by atoms with Gasteiger partial charge < -0.3 is 15.6 Å². The first-order chi connectivity index (χ1) is 7.11. The molecule has 0 aliphatic rings. The highest BCUT2D eigenvalue weighted by Gasteiger charge is 2.13. The molecule has 84 valence electrons. The van der Waals surface area contributed by atoms with Crippen LogP contribution in [-0.2, 0) is 6.42 Å². The summed E-state index contributed by atoms with van der Waals surface area (Å²) < 4.78 is 0. The smallest absolute Gasteiger partial charge is 0.0647 e. The maximum absolute atomic E-state index is 5.63. The molecule has 0 aliphatic carbocycles. The molecule has 0 saturated heterocycles. The summed E-state index contributed by atoms with van der Waals surface area (Å²) in [4.78, 5) is 5.51. The number of nitrogens with zero attached hydrogens (tertiary/aromatic N) is 1. The van der Waals surface area contributed by atoms with Gasteiger partial charge in [-0.15, -0.1) is 0 Å². The van der Waals surface area contributed by atoms with E-state index < -0.39 is 0 Å². The van der Waals surface area contributed by atoms with E-state index in [2.05, 4.69) is 37.0 Å². The molecular weight excluding hydrogens is 186 g/mol. The van der Waals surface area contributed by atoms with Crippen LogP contribution in [0.5, 0.6) is 0 Å². The first-order valence-corrected chi connectivity index (χ1v) is 5.35. The molecule has 0 atom stereocenters. The fraction of sp³-hybridized carbons (Fsp3) is 0.500. The van der Waals surface area contributed by atoms with Gasteiger partial charge in [-0.2, -0.15) is 0 Å². The lowest BCUT2D eigenvalue weighted by Gasteiger charge is -2.16. The van der Waals surface area contributed by atoms with Crippen molar-refractivity contribution in [2.24, 2.45) is 5.73 Å². The maximum Gasteiger partial charge on any atom is 0.0647 e. The van der Waals surface area contributed by atoms with Gasteiger partial charge in [-0.05, 0) is 45.5 Å². The van der Waals surface area contributed by atoms with Crippen molar-refractivity contribution >= 4 is 5.69 Å². The minimum atomic E-state index is 0.689. The molecule has 3 heteroatoms. The van der Waals surface area contributed by atoms with E-state index in [4.69, 9.17) is 5.73 Å². The normalized spacial score (nSPS) is 11.3. The molecular formula is C12H21N3. The van der Waals surface area contributed by atoms with Crippen LogP contribution in [0.1, 0.15) is 23.9 Å². The third-order valence-corrected chi connectivity index (χ3v) is 2.59. The van der Waals surface area contributed by atoms with E-state index in [9.17, 15) is 0 Å². The lowest BCUT2D eigenvalue weighted by molar-refractivity contribution is 0.951. The highest BCUT2D eigenvalue weighted by molar-refractivity contribution is 5.61. The maximum atomic E-state index is 5.63. The second kappa shape index (κ2) is 5.03. The molecule has 0 fully saturated rings. The molecule has 0 amide bonds. The van der Waals surface area contributed by atoms with E-state index in [1.54, 1.807) is 0 Å². The monoisotopic (exact) mass is 207 g/mol. The summed E-state index contributed by atoms with van der Waals surface area (Å²) in [5.41, 5.74) is 10.7. The van der Waals surface area contributed by atoms with E-state index in [0.717, 1.165) is 6.42 Å². The zero-order chi connectivity index (χ0) is 11.4. The number of hydrogen-bond acceptors (Lipinski definition) is 2. The molecule has 0 spiro atoms. The number of nitrogens with two attached hydrogens (primary N) is 1. The Morgan fingerprint density at radius 1 is 1.33 bits per heavy atom. The van der Waals surface area contributed by atoms with Gasteiger partial charge in [0.25, 0.3) is 0 Å². The molecule has 1 aromatic rings. The summed E-state index contributed by atoms with van der Waals surface area (Å²) in [7, 11) is 2.07. The van der Waals surface area contributed by atoms with Gasteiger partial charge >= 0.3 is 0 Å². The van der Waals surface area contributed by atoms with Gasteiger partial charge in [-0.1, -0.05) is 6.08 Å². The lowest BCUT2D eigenvalue weighted by atomic mass is 10.1. The van der Waals surface area contributed by atoms with Crippen LogP contribution in [-0.4, -0.2) is 18.6 Å². The number of H-pyrrole nitrogens is 1. The largest absolute Gasteiger partial charge is 0.361 e. The molecule has 1 aromatic heterocycles. The Hall–Kier alpha value is -1.22. The number of hydrogen-bond donors (Lipinski definition) is 2. The molecule has 0 aliphatic heterocycles. The predicted molar refractivity (Wildman–Crippen MR) is 66.2 cm³/mol. The Kier molecular flexibility index (Phi) is 3.97. The van der Waals surface area contributed by atoms with E-state index in [1.807, 2.05) is 13.0 Å². The van der Waals surface area contributed by atoms with Gasteiger partial charge in [0.05, 0.1) is 5.69 Å². The molecule has 0 aromatic carbocycles. The topological polar surface area (TPSA) is 45.0 Å². The minimum absolute atomic E-state index is 0.689. The van der Waals surface area contributed by atoms with Crippen molar-refractivity contribution in [2.75, 3.05) is 18.5 Å². The average molecular weight is 207 g/mol. The highest BCUT2D eigenvalue weighted by Crippen LogP contribution is 2.27. The predicted octanol–water partition coefficient (Wildman–Crippen LogP) is 2.10. The van der Waals surface area contributed by atoms with Crippen molar-refractivity contribution in [1.82, 2.24) is 4.98 Å². The van der Waals surface area contributed by atoms with Crippen LogP contribution < -0.4 is 10.6 Å². The molecule has 0 bridgehead atoms. The van der Waals surface area contributed by atoms with Gasteiger partial charge in [0, 0.05) is 18.4 Å². The van der Waals surface area contributed by atoms with Crippen LogP contribution in [0.4, 0.5) is 5.69 Å². The van der Waals surface area contributed by atoms with Gasteiger partial charge in [0.1, 0.15) is 0 Å². The zero-order valence-electron chi connectivity index (χ0n) is 10.1. The van der Waals surface area contributed by atoms with Gasteiger partial charge in [0.2, 0.25) is 0 Å². The van der Waals surface area contributed by atoms with E-state index in [0.29, 0.717) is 6.54 Å². The SMILES string of the molecule is CC=CN(C)c1c(C)[nH]c(C)c1CCN. The standard InChI is InChI=1S/C12H21N3/c1-5-8-15(4)12-10(3)14-9(2)11(12)6-7-13/h5,8,14H,6-7,13H2,1-4H3. The van der Waals surface area contributed by atoms with Crippen molar-refractivity contribution in [3.8, 4) is 0 Å². The Balaban J connectivity index is 3.13. The Labute approximate surface area is 92.0 Å². The van der Waals surface area contributed by atoms with Crippen molar-refractivity contribution in [2.45, 2.75) is 27.2 Å². The summed E-state index contributed by atoms with van der Waals surface area (Å²) in [5, 5.41) is 0. The highest BCUT2D eigenvalue weighted by atomic mass is 15.1. The molecule has 0 unspecified atom stereocenters. The number of nitrogens with one attached hydrogen (secondary N) is 1. The molecule has 0 saturated carbocycles. The third-order valence-electron chi connectivity index (χ3n) is 2.59. The van der Waals surface area contributed by atoms with Crippen LogP contribution in [0.15, 0.2) is 12.3 Å². The van der Waals surface area contributed by atoms with E-state index in [-0.39, 0.29) is 0 Å². The number of rotatable bonds is 4. The van der Waals surface area contributed by atoms with E-state index >= 15 is 0 Å². The van der Waals surface area contributed by atoms with Crippen LogP contribution in [0, 0.1) is 13.8 Å². The molecule has 0 radical (unpaired) electrons. The average Bonchev–Trinajstić information content (AvgIpc) is 2.43. The molecule has 15 heavy (non-hydrogen) atoms. The van der Waals surface area contributed by atoms with Gasteiger partial charge in [-0.25, -0.2) is 0 Å². The number of anilines is 1. The van der Waals surface area contributed by atoms with Crippen molar-refractivity contribution in [3.63, 3.8) is 0 Å². The van der Waals surface area contributed by atoms with Crippen molar-refractivity contribution < 1.29 is 0 Å². The second-order valence-corrected chi connectivity index (χ2v) is 3.83. The minimum Gasteiger partial charge on any atom is -0.361 e. The third kappa shape index (κ3) is 2.42. The second-order valence-electron chi connectivity index (χ2n) is 3.83. The summed E-state index contributed by atoms with van der Waals surface area (Å²) in [5.74, 6) is 0. The lowest BCUT2D eigenvalue weighted by Crippen LogP contribution is -2.12. The Bertz CT molecular complexity index is 350. The first-order valence-electron chi connectivity index (χ1n) is 5.35. The number of aromatic amines is 1.